The Balaban J connectivity index is 1.67. The predicted octanol–water partition coefficient (Wildman–Crippen LogP) is 5.56. The summed E-state index contributed by atoms with van der Waals surface area (Å²) in [6.45, 7) is 6.09. The number of benzene rings is 2. The summed E-state index contributed by atoms with van der Waals surface area (Å²) in [6, 6.07) is 12.7. The summed E-state index contributed by atoms with van der Waals surface area (Å²) < 4.78 is 13.1. The van der Waals surface area contributed by atoms with E-state index in [0.29, 0.717) is 17.2 Å². The fourth-order valence-corrected chi connectivity index (χ4v) is 3.48. The quantitative estimate of drug-likeness (QED) is 0.640. The molecular formula is C21H21FN2OS. The second-order valence-electron chi connectivity index (χ2n) is 6.60. The summed E-state index contributed by atoms with van der Waals surface area (Å²) in [5, 5.41) is 5.62. The summed E-state index contributed by atoms with van der Waals surface area (Å²) >= 11 is 1.53. The number of halogens is 1. The van der Waals surface area contributed by atoms with E-state index in [9.17, 15) is 9.18 Å². The first-order valence-corrected chi connectivity index (χ1v) is 9.41. The Bertz CT molecular complexity index is 916. The second-order valence-corrected chi connectivity index (χ2v) is 7.46. The van der Waals surface area contributed by atoms with Crippen LogP contribution in [-0.4, -0.2) is 10.9 Å². The molecule has 1 aromatic heterocycles. The van der Waals surface area contributed by atoms with Gasteiger partial charge in [0.2, 0.25) is 5.91 Å². The molecule has 26 heavy (non-hydrogen) atoms. The van der Waals surface area contributed by atoms with Crippen LogP contribution < -0.4 is 5.32 Å². The number of amides is 1. The average molecular weight is 368 g/mol. The van der Waals surface area contributed by atoms with Crippen LogP contribution >= 0.6 is 11.3 Å². The highest BCUT2D eigenvalue weighted by atomic mass is 32.1. The van der Waals surface area contributed by atoms with Crippen LogP contribution in [-0.2, 0) is 11.2 Å². The SMILES string of the molecule is Cc1cc(F)ccc1NC(=O)Cc1csc(-c2ccc(C(C)C)cc2)n1. The highest BCUT2D eigenvalue weighted by Gasteiger charge is 2.11. The number of carbonyl (C=O) groups excluding carboxylic acids is 1. The van der Waals surface area contributed by atoms with Crippen molar-refractivity contribution < 1.29 is 9.18 Å². The van der Waals surface area contributed by atoms with Crippen LogP contribution in [0, 0.1) is 12.7 Å². The second kappa shape index (κ2) is 7.79. The Morgan fingerprint density at radius 3 is 2.58 bits per heavy atom. The van der Waals surface area contributed by atoms with E-state index in [1.54, 1.807) is 13.0 Å². The lowest BCUT2D eigenvalue weighted by atomic mass is 10.0. The molecule has 1 amide bonds. The summed E-state index contributed by atoms with van der Waals surface area (Å²) in [4.78, 5) is 16.8. The van der Waals surface area contributed by atoms with Crippen molar-refractivity contribution in [3.05, 3.63) is 70.5 Å². The van der Waals surface area contributed by atoms with Gasteiger partial charge in [-0.15, -0.1) is 11.3 Å². The van der Waals surface area contributed by atoms with Crippen molar-refractivity contribution in [3.63, 3.8) is 0 Å². The lowest BCUT2D eigenvalue weighted by Gasteiger charge is -2.07. The van der Waals surface area contributed by atoms with Crippen molar-refractivity contribution >= 4 is 22.9 Å². The zero-order valence-corrected chi connectivity index (χ0v) is 15.9. The molecular weight excluding hydrogens is 347 g/mol. The topological polar surface area (TPSA) is 42.0 Å². The highest BCUT2D eigenvalue weighted by molar-refractivity contribution is 7.13. The third kappa shape index (κ3) is 4.35. The fourth-order valence-electron chi connectivity index (χ4n) is 2.66. The van der Waals surface area contributed by atoms with E-state index < -0.39 is 0 Å². The summed E-state index contributed by atoms with van der Waals surface area (Å²) in [5.41, 5.74) is 4.40. The van der Waals surface area contributed by atoms with E-state index >= 15 is 0 Å². The van der Waals surface area contributed by atoms with Crippen molar-refractivity contribution in [3.8, 4) is 10.6 Å². The van der Waals surface area contributed by atoms with Gasteiger partial charge < -0.3 is 5.32 Å². The number of rotatable bonds is 5. The first kappa shape index (κ1) is 18.3. The first-order chi connectivity index (χ1) is 12.4. The molecule has 0 bridgehead atoms. The van der Waals surface area contributed by atoms with Gasteiger partial charge in [0.15, 0.2) is 0 Å². The van der Waals surface area contributed by atoms with Gasteiger partial charge in [-0.3, -0.25) is 4.79 Å². The summed E-state index contributed by atoms with van der Waals surface area (Å²) in [6.07, 6.45) is 0.192. The molecule has 0 aliphatic carbocycles. The van der Waals surface area contributed by atoms with Crippen LogP contribution in [0.1, 0.15) is 36.6 Å². The minimum atomic E-state index is -0.312. The Kier molecular flexibility index (Phi) is 5.47. The van der Waals surface area contributed by atoms with Crippen molar-refractivity contribution in [1.82, 2.24) is 4.98 Å². The number of hydrogen-bond donors (Lipinski definition) is 1. The minimum Gasteiger partial charge on any atom is -0.326 e. The van der Waals surface area contributed by atoms with Gasteiger partial charge in [0, 0.05) is 16.6 Å². The number of thiazole rings is 1. The lowest BCUT2D eigenvalue weighted by molar-refractivity contribution is -0.115. The van der Waals surface area contributed by atoms with Crippen molar-refractivity contribution in [1.29, 1.82) is 0 Å². The van der Waals surface area contributed by atoms with Gasteiger partial charge in [0.05, 0.1) is 12.1 Å². The smallest absolute Gasteiger partial charge is 0.230 e. The van der Waals surface area contributed by atoms with E-state index in [1.165, 1.54) is 29.0 Å². The van der Waals surface area contributed by atoms with E-state index in [2.05, 4.69) is 48.4 Å². The van der Waals surface area contributed by atoms with Crippen LogP contribution in [0.5, 0.6) is 0 Å². The molecule has 0 unspecified atom stereocenters. The molecule has 0 radical (unpaired) electrons. The van der Waals surface area contributed by atoms with Gasteiger partial charge in [-0.05, 0) is 42.2 Å². The van der Waals surface area contributed by atoms with Crippen LogP contribution in [0.2, 0.25) is 0 Å². The van der Waals surface area contributed by atoms with Gasteiger partial charge >= 0.3 is 0 Å². The number of carbonyl (C=O) groups is 1. The zero-order valence-electron chi connectivity index (χ0n) is 15.0. The third-order valence-corrected chi connectivity index (χ3v) is 5.12. The van der Waals surface area contributed by atoms with Crippen molar-refractivity contribution in [2.75, 3.05) is 5.32 Å². The molecule has 2 aromatic carbocycles. The maximum Gasteiger partial charge on any atom is 0.230 e. The van der Waals surface area contributed by atoms with Gasteiger partial charge in [-0.25, -0.2) is 9.37 Å². The minimum absolute atomic E-state index is 0.160. The number of anilines is 1. The highest BCUT2D eigenvalue weighted by Crippen LogP contribution is 2.26. The molecule has 0 spiro atoms. The molecule has 1 N–H and O–H groups in total. The van der Waals surface area contributed by atoms with Crippen LogP contribution in [0.4, 0.5) is 10.1 Å². The number of aromatic nitrogens is 1. The summed E-state index contributed by atoms with van der Waals surface area (Å²) in [5.74, 6) is 0.0226. The maximum atomic E-state index is 13.1. The molecule has 0 aliphatic rings. The van der Waals surface area contributed by atoms with Gasteiger partial charge in [-0.1, -0.05) is 38.1 Å². The standard InChI is InChI=1S/C21H21FN2OS/c1-13(2)15-4-6-16(7-5-15)21-23-18(12-26-21)11-20(25)24-19-9-8-17(22)10-14(19)3/h4-10,12-13H,11H2,1-3H3,(H,24,25). The monoisotopic (exact) mass is 368 g/mol. The van der Waals surface area contributed by atoms with Crippen LogP contribution in [0.15, 0.2) is 47.8 Å². The Labute approximate surface area is 156 Å². The molecule has 0 saturated heterocycles. The van der Waals surface area contributed by atoms with Crippen LogP contribution in [0.3, 0.4) is 0 Å². The van der Waals surface area contributed by atoms with Crippen molar-refractivity contribution in [2.45, 2.75) is 33.1 Å². The molecule has 0 fully saturated rings. The van der Waals surface area contributed by atoms with Crippen molar-refractivity contribution in [2.24, 2.45) is 0 Å². The number of nitrogens with one attached hydrogen (secondary N) is 1. The zero-order chi connectivity index (χ0) is 18.7. The van der Waals surface area contributed by atoms with Gasteiger partial charge in [0.1, 0.15) is 10.8 Å². The Morgan fingerprint density at radius 2 is 1.92 bits per heavy atom. The first-order valence-electron chi connectivity index (χ1n) is 8.53. The van der Waals surface area contributed by atoms with E-state index in [4.69, 9.17) is 0 Å². The maximum absolute atomic E-state index is 13.1. The molecule has 1 heterocycles. The molecule has 0 saturated carbocycles. The average Bonchev–Trinajstić information content (AvgIpc) is 3.06. The number of hydrogen-bond acceptors (Lipinski definition) is 3. The fraction of sp³-hybridized carbons (Fsp3) is 0.238. The predicted molar refractivity (Wildman–Crippen MR) is 105 cm³/mol. The molecule has 3 aromatic rings. The molecule has 3 rings (SSSR count). The van der Waals surface area contributed by atoms with Gasteiger partial charge in [-0.2, -0.15) is 0 Å². The summed E-state index contributed by atoms with van der Waals surface area (Å²) in [7, 11) is 0. The molecule has 0 atom stereocenters. The van der Waals surface area contributed by atoms with E-state index in [-0.39, 0.29) is 18.1 Å². The largest absolute Gasteiger partial charge is 0.326 e. The Morgan fingerprint density at radius 1 is 1.19 bits per heavy atom. The third-order valence-electron chi connectivity index (χ3n) is 4.18. The van der Waals surface area contributed by atoms with Crippen LogP contribution in [0.25, 0.3) is 10.6 Å². The molecule has 3 nitrogen and oxygen atoms in total. The molecule has 134 valence electrons. The molecule has 0 aliphatic heterocycles. The Hall–Kier alpha value is -2.53. The number of aryl methyl sites for hydroxylation is 1. The van der Waals surface area contributed by atoms with E-state index in [1.807, 2.05) is 5.38 Å². The normalized spacial score (nSPS) is 11.0. The number of nitrogens with zero attached hydrogens (tertiary/aromatic N) is 1. The lowest BCUT2D eigenvalue weighted by Crippen LogP contribution is -2.15. The van der Waals surface area contributed by atoms with E-state index in [0.717, 1.165) is 16.3 Å². The molecule has 5 heteroatoms. The van der Waals surface area contributed by atoms with Gasteiger partial charge in [0.25, 0.3) is 0 Å².